The Balaban J connectivity index is 1.84. The van der Waals surface area contributed by atoms with Crippen LogP contribution in [0.5, 0.6) is 17.2 Å². The van der Waals surface area contributed by atoms with Crippen LogP contribution in [-0.2, 0) is 9.53 Å². The van der Waals surface area contributed by atoms with E-state index in [1.807, 2.05) is 48.5 Å². The molecule has 4 aromatic rings. The number of aromatic nitrogens is 1. The van der Waals surface area contributed by atoms with Crippen LogP contribution in [0.1, 0.15) is 29.7 Å². The minimum atomic E-state index is -0.844. The number of phenols is 1. The minimum absolute atomic E-state index is 0.00105. The predicted molar refractivity (Wildman–Crippen MR) is 149 cm³/mol. The number of thiazole rings is 1. The number of hydrogen-bond donors (Lipinski definition) is 1. The fourth-order valence-corrected chi connectivity index (χ4v) is 5.56. The van der Waals surface area contributed by atoms with E-state index in [9.17, 15) is 14.7 Å². The molecule has 0 amide bonds. The SMILES string of the molecule is CCOC(=O)C1=C(c2ccccc2)N=c2sc(=Cc3ccc(O)c(OC)c3)c(=O)n2C1c1ccccc1OC. The first-order valence-electron chi connectivity index (χ1n) is 12.2. The van der Waals surface area contributed by atoms with Crippen LogP contribution in [0.3, 0.4) is 0 Å². The lowest BCUT2D eigenvalue weighted by atomic mass is 9.92. The highest BCUT2D eigenvalue weighted by Gasteiger charge is 2.36. The van der Waals surface area contributed by atoms with Gasteiger partial charge in [-0.05, 0) is 36.8 Å². The highest BCUT2D eigenvalue weighted by Crippen LogP contribution is 2.38. The maximum atomic E-state index is 14.0. The van der Waals surface area contributed by atoms with Crippen LogP contribution in [0.2, 0.25) is 0 Å². The Kier molecular flexibility index (Phi) is 7.33. The van der Waals surface area contributed by atoms with Crippen molar-refractivity contribution in [2.45, 2.75) is 13.0 Å². The Hall–Kier alpha value is -4.63. The number of methoxy groups -OCH3 is 2. The number of benzene rings is 3. The van der Waals surface area contributed by atoms with Crippen molar-refractivity contribution in [3.63, 3.8) is 0 Å². The Morgan fingerprint density at radius 3 is 2.46 bits per heavy atom. The number of nitrogens with zero attached hydrogens (tertiary/aromatic N) is 2. The fourth-order valence-electron chi connectivity index (χ4n) is 4.56. The average molecular weight is 543 g/mol. The van der Waals surface area contributed by atoms with Crippen molar-refractivity contribution < 1.29 is 24.1 Å². The van der Waals surface area contributed by atoms with Crippen LogP contribution in [0, 0.1) is 0 Å². The largest absolute Gasteiger partial charge is 0.504 e. The van der Waals surface area contributed by atoms with Gasteiger partial charge in [0.25, 0.3) is 5.56 Å². The van der Waals surface area contributed by atoms with E-state index in [0.29, 0.717) is 37.7 Å². The number of esters is 1. The number of aromatic hydroxyl groups is 1. The molecule has 9 heteroatoms. The Morgan fingerprint density at radius 2 is 1.74 bits per heavy atom. The molecule has 1 aliphatic rings. The Morgan fingerprint density at radius 1 is 1.03 bits per heavy atom. The molecule has 0 saturated heterocycles. The molecule has 2 heterocycles. The van der Waals surface area contributed by atoms with Gasteiger partial charge in [-0.15, -0.1) is 0 Å². The van der Waals surface area contributed by atoms with Crippen molar-refractivity contribution in [3.05, 3.63) is 115 Å². The van der Waals surface area contributed by atoms with Gasteiger partial charge in [0.05, 0.1) is 36.6 Å². The molecule has 1 unspecified atom stereocenters. The maximum absolute atomic E-state index is 14.0. The zero-order chi connectivity index (χ0) is 27.5. The molecule has 39 heavy (non-hydrogen) atoms. The van der Waals surface area contributed by atoms with Gasteiger partial charge in [-0.3, -0.25) is 9.36 Å². The molecule has 0 bridgehead atoms. The summed E-state index contributed by atoms with van der Waals surface area (Å²) in [5.41, 5.74) is 2.38. The molecule has 0 saturated carbocycles. The Labute approximate surface area is 228 Å². The summed E-state index contributed by atoms with van der Waals surface area (Å²) in [4.78, 5) is 32.8. The molecule has 1 aromatic heterocycles. The van der Waals surface area contributed by atoms with E-state index in [0.717, 1.165) is 5.56 Å². The van der Waals surface area contributed by atoms with Crippen LogP contribution in [0.15, 0.2) is 88.2 Å². The predicted octanol–water partition coefficient (Wildman–Crippen LogP) is 3.66. The van der Waals surface area contributed by atoms with E-state index >= 15 is 0 Å². The van der Waals surface area contributed by atoms with Gasteiger partial charge in [-0.2, -0.15) is 0 Å². The molecule has 3 aromatic carbocycles. The molecule has 8 nitrogen and oxygen atoms in total. The summed E-state index contributed by atoms with van der Waals surface area (Å²) in [5.74, 6) is 0.253. The van der Waals surface area contributed by atoms with Crippen LogP contribution in [0.4, 0.5) is 0 Å². The van der Waals surface area contributed by atoms with E-state index in [-0.39, 0.29) is 23.5 Å². The number of carbonyl (C=O) groups is 1. The summed E-state index contributed by atoms with van der Waals surface area (Å²) < 4.78 is 18.3. The second-order valence-electron chi connectivity index (χ2n) is 8.60. The van der Waals surface area contributed by atoms with E-state index in [1.165, 1.54) is 29.1 Å². The zero-order valence-corrected chi connectivity index (χ0v) is 22.4. The van der Waals surface area contributed by atoms with Gasteiger partial charge >= 0.3 is 5.97 Å². The lowest BCUT2D eigenvalue weighted by molar-refractivity contribution is -0.138. The highest BCUT2D eigenvalue weighted by atomic mass is 32.1. The summed E-state index contributed by atoms with van der Waals surface area (Å²) >= 11 is 1.21. The first kappa shape index (κ1) is 26.0. The van der Waals surface area contributed by atoms with Gasteiger partial charge in [0.2, 0.25) is 0 Å². The number of ether oxygens (including phenoxy) is 3. The first-order valence-corrected chi connectivity index (χ1v) is 13.1. The van der Waals surface area contributed by atoms with Gasteiger partial charge in [0.1, 0.15) is 11.8 Å². The fraction of sp³-hybridized carbons (Fsp3) is 0.167. The molecule has 0 radical (unpaired) electrons. The van der Waals surface area contributed by atoms with Crippen LogP contribution in [0.25, 0.3) is 11.8 Å². The van der Waals surface area contributed by atoms with Crippen molar-refractivity contribution in [2.75, 3.05) is 20.8 Å². The summed E-state index contributed by atoms with van der Waals surface area (Å²) in [6.07, 6.45) is 1.71. The van der Waals surface area contributed by atoms with Crippen LogP contribution >= 0.6 is 11.3 Å². The monoisotopic (exact) mass is 542 g/mol. The van der Waals surface area contributed by atoms with E-state index in [4.69, 9.17) is 19.2 Å². The van der Waals surface area contributed by atoms with Crippen molar-refractivity contribution >= 4 is 29.1 Å². The number of carbonyl (C=O) groups excluding carboxylic acids is 1. The molecular weight excluding hydrogens is 516 g/mol. The minimum Gasteiger partial charge on any atom is -0.504 e. The van der Waals surface area contributed by atoms with Gasteiger partial charge < -0.3 is 19.3 Å². The topological polar surface area (TPSA) is 99.4 Å². The molecule has 0 spiro atoms. The third-order valence-corrected chi connectivity index (χ3v) is 7.29. The molecule has 1 N–H and O–H groups in total. The van der Waals surface area contributed by atoms with Crippen LogP contribution < -0.4 is 24.4 Å². The van der Waals surface area contributed by atoms with E-state index in [1.54, 1.807) is 38.3 Å². The molecule has 1 atom stereocenters. The average Bonchev–Trinajstić information content (AvgIpc) is 3.27. The molecule has 198 valence electrons. The number of hydrogen-bond acceptors (Lipinski definition) is 8. The third kappa shape index (κ3) is 4.84. The van der Waals surface area contributed by atoms with E-state index < -0.39 is 12.0 Å². The first-order chi connectivity index (χ1) is 19.0. The summed E-state index contributed by atoms with van der Waals surface area (Å²) in [5, 5.41) is 9.98. The lowest BCUT2D eigenvalue weighted by Crippen LogP contribution is -2.40. The second kappa shape index (κ2) is 11.0. The quantitative estimate of drug-likeness (QED) is 0.358. The van der Waals surface area contributed by atoms with Crippen molar-refractivity contribution in [2.24, 2.45) is 4.99 Å². The lowest BCUT2D eigenvalue weighted by Gasteiger charge is -2.27. The Bertz CT molecular complexity index is 1750. The summed E-state index contributed by atoms with van der Waals surface area (Å²) in [6, 6.07) is 20.6. The molecule has 5 rings (SSSR count). The number of fused-ring (bicyclic) bond motifs is 1. The van der Waals surface area contributed by atoms with Gasteiger partial charge in [-0.25, -0.2) is 9.79 Å². The maximum Gasteiger partial charge on any atom is 0.338 e. The molecule has 1 aliphatic heterocycles. The second-order valence-corrected chi connectivity index (χ2v) is 9.61. The number of rotatable bonds is 7. The highest BCUT2D eigenvalue weighted by molar-refractivity contribution is 7.07. The van der Waals surface area contributed by atoms with Gasteiger partial charge in [0, 0.05) is 11.1 Å². The zero-order valence-electron chi connectivity index (χ0n) is 21.6. The van der Waals surface area contributed by atoms with Crippen molar-refractivity contribution in [1.29, 1.82) is 0 Å². The molecular formula is C30H26N2O6S. The summed E-state index contributed by atoms with van der Waals surface area (Å²) in [6.45, 7) is 1.90. The molecule has 0 aliphatic carbocycles. The smallest absolute Gasteiger partial charge is 0.338 e. The normalized spacial score (nSPS) is 14.9. The van der Waals surface area contributed by atoms with Crippen molar-refractivity contribution in [3.8, 4) is 17.2 Å². The van der Waals surface area contributed by atoms with Gasteiger partial charge in [-0.1, -0.05) is 65.9 Å². The summed E-state index contributed by atoms with van der Waals surface area (Å²) in [7, 11) is 3.01. The number of para-hydroxylation sites is 1. The standard InChI is InChI=1S/C30H26N2O6S/c1-4-38-29(35)25-26(19-10-6-5-7-11-19)31-30-32(27(25)20-12-8-9-13-22(20)36-2)28(34)24(39-30)17-18-14-15-21(33)23(16-18)37-3/h5-17,27,33H,4H2,1-3H3. The van der Waals surface area contributed by atoms with E-state index in [2.05, 4.69) is 0 Å². The molecule has 0 fully saturated rings. The van der Waals surface area contributed by atoms with Gasteiger partial charge in [0.15, 0.2) is 16.3 Å². The third-order valence-electron chi connectivity index (χ3n) is 6.31. The van der Waals surface area contributed by atoms with Crippen LogP contribution in [-0.4, -0.2) is 36.5 Å². The number of phenolic OH excluding ortho intramolecular Hbond substituents is 1. The van der Waals surface area contributed by atoms with Crippen molar-refractivity contribution in [1.82, 2.24) is 4.57 Å².